The van der Waals surface area contributed by atoms with Crippen molar-refractivity contribution in [2.24, 2.45) is 0 Å². The summed E-state index contributed by atoms with van der Waals surface area (Å²) in [5.74, 6) is -0.579. The van der Waals surface area contributed by atoms with Gasteiger partial charge in [-0.15, -0.1) is 0 Å². The highest BCUT2D eigenvalue weighted by Crippen LogP contribution is 2.26. The SMILES string of the molecule is O=C(c1cc(=O)c2ccccc2o1)N1CCC(S(=O)(=O)c2ccc(Cl)cc2)C1. The first-order valence-electron chi connectivity index (χ1n) is 8.68. The molecule has 6 nitrogen and oxygen atoms in total. The second kappa shape index (κ2) is 7.07. The molecule has 2 heterocycles. The molecule has 1 saturated heterocycles. The number of fused-ring (bicyclic) bond motifs is 1. The zero-order valence-electron chi connectivity index (χ0n) is 14.7. The highest BCUT2D eigenvalue weighted by Gasteiger charge is 2.37. The molecule has 1 aliphatic rings. The van der Waals surface area contributed by atoms with Crippen LogP contribution in [0, 0.1) is 0 Å². The Hall–Kier alpha value is -2.64. The minimum atomic E-state index is -3.59. The van der Waals surface area contributed by atoms with Crippen LogP contribution in [0.4, 0.5) is 0 Å². The highest BCUT2D eigenvalue weighted by molar-refractivity contribution is 7.92. The fourth-order valence-electron chi connectivity index (χ4n) is 3.35. The summed E-state index contributed by atoms with van der Waals surface area (Å²) in [5, 5.41) is 0.127. The predicted molar refractivity (Wildman–Crippen MR) is 105 cm³/mol. The van der Waals surface area contributed by atoms with Crippen LogP contribution in [0.1, 0.15) is 17.0 Å². The van der Waals surface area contributed by atoms with E-state index in [2.05, 4.69) is 0 Å². The quantitative estimate of drug-likeness (QED) is 0.653. The summed E-state index contributed by atoms with van der Waals surface area (Å²) in [6, 6.07) is 13.8. The number of hydrogen-bond acceptors (Lipinski definition) is 5. The second-order valence-electron chi connectivity index (χ2n) is 6.63. The molecule has 1 fully saturated rings. The summed E-state index contributed by atoms with van der Waals surface area (Å²) in [5.41, 5.74) is 0.0117. The summed E-state index contributed by atoms with van der Waals surface area (Å²) in [6.07, 6.45) is 0.314. The van der Waals surface area contributed by atoms with Crippen molar-refractivity contribution >= 4 is 38.3 Å². The van der Waals surface area contributed by atoms with Gasteiger partial charge in [0.1, 0.15) is 5.58 Å². The van der Waals surface area contributed by atoms with Gasteiger partial charge in [-0.3, -0.25) is 9.59 Å². The van der Waals surface area contributed by atoms with E-state index in [0.29, 0.717) is 22.4 Å². The summed E-state index contributed by atoms with van der Waals surface area (Å²) >= 11 is 5.82. The molecule has 28 heavy (non-hydrogen) atoms. The first-order valence-corrected chi connectivity index (χ1v) is 10.6. The Morgan fingerprint density at radius 3 is 2.57 bits per heavy atom. The average Bonchev–Trinajstić information content (AvgIpc) is 3.19. The Kier molecular flexibility index (Phi) is 4.72. The van der Waals surface area contributed by atoms with Crippen molar-refractivity contribution < 1.29 is 17.6 Å². The lowest BCUT2D eigenvalue weighted by Gasteiger charge is -2.16. The largest absolute Gasteiger partial charge is 0.451 e. The summed E-state index contributed by atoms with van der Waals surface area (Å²) < 4.78 is 31.2. The molecule has 0 radical (unpaired) electrons. The molecule has 2 aromatic carbocycles. The lowest BCUT2D eigenvalue weighted by molar-refractivity contribution is 0.0762. The van der Waals surface area contributed by atoms with Crippen LogP contribution in [0.25, 0.3) is 11.0 Å². The number of para-hydroxylation sites is 1. The normalized spacial score (nSPS) is 17.2. The molecule has 0 saturated carbocycles. The minimum Gasteiger partial charge on any atom is -0.451 e. The third-order valence-electron chi connectivity index (χ3n) is 4.86. The van der Waals surface area contributed by atoms with E-state index in [9.17, 15) is 18.0 Å². The molecule has 0 spiro atoms. The Balaban J connectivity index is 1.58. The number of nitrogens with zero attached hydrogens (tertiary/aromatic N) is 1. The van der Waals surface area contributed by atoms with Gasteiger partial charge in [-0.1, -0.05) is 23.7 Å². The van der Waals surface area contributed by atoms with E-state index in [1.807, 2.05) is 0 Å². The maximum atomic E-state index is 12.8. The van der Waals surface area contributed by atoms with Gasteiger partial charge >= 0.3 is 0 Å². The van der Waals surface area contributed by atoms with Gasteiger partial charge in [-0.2, -0.15) is 0 Å². The number of likely N-dealkylation sites (tertiary alicyclic amines) is 1. The van der Waals surface area contributed by atoms with Gasteiger partial charge in [0.05, 0.1) is 15.5 Å². The maximum Gasteiger partial charge on any atom is 0.289 e. The van der Waals surface area contributed by atoms with E-state index >= 15 is 0 Å². The standard InChI is InChI=1S/C20H16ClNO5S/c21-13-5-7-14(8-6-13)28(25,26)15-9-10-22(12-15)20(24)19-11-17(23)16-3-1-2-4-18(16)27-19/h1-8,11,15H,9-10,12H2. The van der Waals surface area contributed by atoms with Crippen LogP contribution in [0.2, 0.25) is 5.02 Å². The van der Waals surface area contributed by atoms with Crippen molar-refractivity contribution in [1.82, 2.24) is 4.90 Å². The smallest absolute Gasteiger partial charge is 0.289 e. The molecule has 1 unspecified atom stereocenters. The fourth-order valence-corrected chi connectivity index (χ4v) is 5.17. The molecule has 1 atom stereocenters. The highest BCUT2D eigenvalue weighted by atomic mass is 35.5. The van der Waals surface area contributed by atoms with Crippen molar-refractivity contribution in [2.75, 3.05) is 13.1 Å². The molecule has 8 heteroatoms. The van der Waals surface area contributed by atoms with E-state index in [4.69, 9.17) is 16.0 Å². The lowest BCUT2D eigenvalue weighted by atomic mass is 10.2. The number of carbonyl (C=O) groups is 1. The van der Waals surface area contributed by atoms with Crippen molar-refractivity contribution in [1.29, 1.82) is 0 Å². The maximum absolute atomic E-state index is 12.8. The molecular formula is C20H16ClNO5S. The minimum absolute atomic E-state index is 0.0420. The average molecular weight is 418 g/mol. The Bertz CT molecular complexity index is 1220. The van der Waals surface area contributed by atoms with Crippen LogP contribution >= 0.6 is 11.6 Å². The topological polar surface area (TPSA) is 84.7 Å². The van der Waals surface area contributed by atoms with Crippen molar-refractivity contribution in [2.45, 2.75) is 16.6 Å². The zero-order valence-corrected chi connectivity index (χ0v) is 16.2. The number of halogens is 1. The van der Waals surface area contributed by atoms with Gasteiger partial charge in [-0.25, -0.2) is 8.42 Å². The number of amides is 1. The van der Waals surface area contributed by atoms with Crippen LogP contribution < -0.4 is 5.43 Å². The van der Waals surface area contributed by atoms with E-state index in [1.165, 1.54) is 29.2 Å². The molecule has 1 aromatic heterocycles. The number of benzene rings is 2. The third-order valence-corrected chi connectivity index (χ3v) is 7.30. The fraction of sp³-hybridized carbons (Fsp3) is 0.200. The molecule has 144 valence electrons. The molecule has 1 amide bonds. The van der Waals surface area contributed by atoms with Gasteiger partial charge in [-0.05, 0) is 42.8 Å². The Morgan fingerprint density at radius 1 is 1.11 bits per heavy atom. The molecular weight excluding hydrogens is 402 g/mol. The summed E-state index contributed by atoms with van der Waals surface area (Å²) in [6.45, 7) is 0.313. The van der Waals surface area contributed by atoms with Crippen molar-refractivity contribution in [3.8, 4) is 0 Å². The number of rotatable bonds is 3. The van der Waals surface area contributed by atoms with Gasteiger partial charge in [0.2, 0.25) is 0 Å². The monoisotopic (exact) mass is 417 g/mol. The number of hydrogen-bond donors (Lipinski definition) is 0. The summed E-state index contributed by atoms with van der Waals surface area (Å²) in [7, 11) is -3.59. The molecule has 0 N–H and O–H groups in total. The van der Waals surface area contributed by atoms with Crippen molar-refractivity contribution in [3.63, 3.8) is 0 Å². The first-order chi connectivity index (χ1) is 13.4. The molecule has 4 rings (SSSR count). The van der Waals surface area contributed by atoms with Gasteiger partial charge in [0, 0.05) is 24.2 Å². The lowest BCUT2D eigenvalue weighted by Crippen LogP contribution is -2.32. The van der Waals surface area contributed by atoms with Crippen LogP contribution in [0.15, 0.2) is 68.7 Å². The third kappa shape index (κ3) is 3.31. The molecule has 0 bridgehead atoms. The van der Waals surface area contributed by atoms with E-state index in [1.54, 1.807) is 24.3 Å². The number of sulfone groups is 1. The van der Waals surface area contributed by atoms with E-state index < -0.39 is 21.0 Å². The second-order valence-corrected chi connectivity index (χ2v) is 9.30. The zero-order chi connectivity index (χ0) is 19.9. The van der Waals surface area contributed by atoms with Gasteiger partial charge in [0.25, 0.3) is 5.91 Å². The van der Waals surface area contributed by atoms with Crippen LogP contribution in [0.5, 0.6) is 0 Å². The predicted octanol–water partition coefficient (Wildman–Crippen LogP) is 3.13. The van der Waals surface area contributed by atoms with E-state index in [-0.39, 0.29) is 29.2 Å². The van der Waals surface area contributed by atoms with Crippen molar-refractivity contribution in [3.05, 3.63) is 75.6 Å². The van der Waals surface area contributed by atoms with E-state index in [0.717, 1.165) is 6.07 Å². The summed E-state index contributed by atoms with van der Waals surface area (Å²) in [4.78, 5) is 26.6. The molecule has 1 aliphatic heterocycles. The van der Waals surface area contributed by atoms with Crippen LogP contribution in [-0.4, -0.2) is 37.6 Å². The number of carbonyl (C=O) groups excluding carboxylic acids is 1. The van der Waals surface area contributed by atoms with Gasteiger partial charge < -0.3 is 9.32 Å². The molecule has 0 aliphatic carbocycles. The first kappa shape index (κ1) is 18.7. The Morgan fingerprint density at radius 2 is 1.82 bits per heavy atom. The van der Waals surface area contributed by atoms with Gasteiger partial charge in [0.15, 0.2) is 21.0 Å². The van der Waals surface area contributed by atoms with Crippen LogP contribution in [-0.2, 0) is 9.84 Å². The Labute approximate surface area is 166 Å². The molecule has 3 aromatic rings. The van der Waals surface area contributed by atoms with Crippen LogP contribution in [0.3, 0.4) is 0 Å².